The Labute approximate surface area is 92.7 Å². The summed E-state index contributed by atoms with van der Waals surface area (Å²) in [7, 11) is 1.75. The van der Waals surface area contributed by atoms with E-state index in [2.05, 4.69) is 11.8 Å². The maximum Gasteiger partial charge on any atom is 0.0824 e. The summed E-state index contributed by atoms with van der Waals surface area (Å²) < 4.78 is 10.6. The van der Waals surface area contributed by atoms with Crippen molar-refractivity contribution in [2.24, 2.45) is 5.73 Å². The van der Waals surface area contributed by atoms with Crippen molar-refractivity contribution in [2.45, 2.75) is 31.9 Å². The molecule has 0 amide bonds. The lowest BCUT2D eigenvalue weighted by atomic mass is 10.1. The maximum atomic E-state index is 5.62. The van der Waals surface area contributed by atoms with Crippen LogP contribution in [0.5, 0.6) is 0 Å². The molecule has 0 spiro atoms. The third-order valence-electron chi connectivity index (χ3n) is 2.94. The monoisotopic (exact) mass is 216 g/mol. The summed E-state index contributed by atoms with van der Waals surface area (Å²) in [6, 6.07) is 0.523. The molecule has 0 aromatic carbocycles. The molecule has 0 aromatic heterocycles. The van der Waals surface area contributed by atoms with E-state index in [1.807, 2.05) is 0 Å². The van der Waals surface area contributed by atoms with Crippen molar-refractivity contribution >= 4 is 0 Å². The summed E-state index contributed by atoms with van der Waals surface area (Å²) in [5.74, 6) is 0. The van der Waals surface area contributed by atoms with E-state index < -0.39 is 0 Å². The molecule has 4 heteroatoms. The van der Waals surface area contributed by atoms with Crippen molar-refractivity contribution in [3.05, 3.63) is 0 Å². The second kappa shape index (κ2) is 7.17. The van der Waals surface area contributed by atoms with Gasteiger partial charge in [0.25, 0.3) is 0 Å². The van der Waals surface area contributed by atoms with Gasteiger partial charge in [-0.05, 0) is 26.3 Å². The van der Waals surface area contributed by atoms with E-state index in [0.29, 0.717) is 12.6 Å². The van der Waals surface area contributed by atoms with Crippen LogP contribution in [0.3, 0.4) is 0 Å². The number of rotatable bonds is 6. The van der Waals surface area contributed by atoms with Crippen LogP contribution in [0.4, 0.5) is 0 Å². The van der Waals surface area contributed by atoms with Gasteiger partial charge in [-0.3, -0.25) is 4.90 Å². The minimum atomic E-state index is 0.226. The van der Waals surface area contributed by atoms with Crippen molar-refractivity contribution in [3.63, 3.8) is 0 Å². The van der Waals surface area contributed by atoms with Crippen LogP contribution in [-0.2, 0) is 9.47 Å². The average molecular weight is 216 g/mol. The fraction of sp³-hybridized carbons (Fsp3) is 1.00. The van der Waals surface area contributed by atoms with E-state index in [9.17, 15) is 0 Å². The van der Waals surface area contributed by atoms with Gasteiger partial charge in [-0.1, -0.05) is 0 Å². The Bertz CT molecular complexity index is 167. The van der Waals surface area contributed by atoms with Crippen molar-refractivity contribution in [1.82, 2.24) is 4.90 Å². The summed E-state index contributed by atoms with van der Waals surface area (Å²) in [5, 5.41) is 0. The molecule has 0 aliphatic carbocycles. The molecular formula is C11H24N2O2. The van der Waals surface area contributed by atoms with Gasteiger partial charge >= 0.3 is 0 Å². The largest absolute Gasteiger partial charge is 0.385 e. The minimum absolute atomic E-state index is 0.226. The van der Waals surface area contributed by atoms with Crippen LogP contribution in [0.1, 0.15) is 19.8 Å². The Balaban J connectivity index is 2.19. The van der Waals surface area contributed by atoms with Gasteiger partial charge in [-0.2, -0.15) is 0 Å². The highest BCUT2D eigenvalue weighted by Gasteiger charge is 2.24. The van der Waals surface area contributed by atoms with Gasteiger partial charge in [0.05, 0.1) is 12.7 Å². The lowest BCUT2D eigenvalue weighted by Gasteiger charge is -2.37. The molecule has 2 N–H and O–H groups in total. The van der Waals surface area contributed by atoms with Crippen LogP contribution < -0.4 is 5.73 Å². The van der Waals surface area contributed by atoms with E-state index in [-0.39, 0.29) is 6.10 Å². The molecular weight excluding hydrogens is 192 g/mol. The van der Waals surface area contributed by atoms with E-state index in [1.54, 1.807) is 7.11 Å². The minimum Gasteiger partial charge on any atom is -0.385 e. The van der Waals surface area contributed by atoms with Gasteiger partial charge in [-0.15, -0.1) is 0 Å². The summed E-state index contributed by atoms with van der Waals surface area (Å²) in [4.78, 5) is 2.47. The predicted octanol–water partition coefficient (Wildman–Crippen LogP) is 0.461. The molecule has 90 valence electrons. The van der Waals surface area contributed by atoms with Gasteiger partial charge < -0.3 is 15.2 Å². The third kappa shape index (κ3) is 4.47. The fourth-order valence-corrected chi connectivity index (χ4v) is 1.89. The molecule has 1 aliphatic heterocycles. The molecule has 1 rings (SSSR count). The van der Waals surface area contributed by atoms with Gasteiger partial charge in [-0.25, -0.2) is 0 Å². The summed E-state index contributed by atoms with van der Waals surface area (Å²) >= 11 is 0. The smallest absolute Gasteiger partial charge is 0.0824 e. The zero-order chi connectivity index (χ0) is 11.1. The highest BCUT2D eigenvalue weighted by Crippen LogP contribution is 2.11. The standard InChI is InChI=1S/C11H24N2O2/c1-10-9-15-11(7-12)8-13(10)5-3-4-6-14-2/h10-11H,3-9,12H2,1-2H3. The molecule has 15 heavy (non-hydrogen) atoms. The second-order valence-electron chi connectivity index (χ2n) is 4.23. The van der Waals surface area contributed by atoms with Crippen molar-refractivity contribution in [1.29, 1.82) is 0 Å². The number of morpholine rings is 1. The van der Waals surface area contributed by atoms with Crippen molar-refractivity contribution in [3.8, 4) is 0 Å². The van der Waals surface area contributed by atoms with Crippen LogP contribution in [0.2, 0.25) is 0 Å². The topological polar surface area (TPSA) is 47.7 Å². The zero-order valence-corrected chi connectivity index (χ0v) is 9.95. The number of nitrogens with zero attached hydrogens (tertiary/aromatic N) is 1. The van der Waals surface area contributed by atoms with Crippen LogP contribution in [0, 0.1) is 0 Å². The fourth-order valence-electron chi connectivity index (χ4n) is 1.89. The Kier molecular flexibility index (Phi) is 6.17. The van der Waals surface area contributed by atoms with Crippen molar-refractivity contribution in [2.75, 3.05) is 40.0 Å². The van der Waals surface area contributed by atoms with Gasteiger partial charge in [0.15, 0.2) is 0 Å². The average Bonchev–Trinajstić information content (AvgIpc) is 2.26. The van der Waals surface area contributed by atoms with E-state index in [1.165, 1.54) is 6.42 Å². The summed E-state index contributed by atoms with van der Waals surface area (Å²) in [6.45, 7) is 6.62. The first-order valence-electron chi connectivity index (χ1n) is 5.82. The molecule has 2 atom stereocenters. The molecule has 0 saturated carbocycles. The molecule has 0 aromatic rings. The van der Waals surface area contributed by atoms with Crippen LogP contribution in [0.15, 0.2) is 0 Å². The maximum absolute atomic E-state index is 5.62. The van der Waals surface area contributed by atoms with E-state index in [4.69, 9.17) is 15.2 Å². The number of nitrogens with two attached hydrogens (primary N) is 1. The Morgan fingerprint density at radius 2 is 2.27 bits per heavy atom. The first-order chi connectivity index (χ1) is 7.27. The lowest BCUT2D eigenvalue weighted by Crippen LogP contribution is -2.50. The quantitative estimate of drug-likeness (QED) is 0.655. The number of ether oxygens (including phenoxy) is 2. The van der Waals surface area contributed by atoms with Crippen LogP contribution in [-0.4, -0.2) is 57.0 Å². The van der Waals surface area contributed by atoms with Gasteiger partial charge in [0.1, 0.15) is 0 Å². The third-order valence-corrected chi connectivity index (χ3v) is 2.94. The number of unbranched alkanes of at least 4 members (excludes halogenated alkanes) is 1. The van der Waals surface area contributed by atoms with Crippen molar-refractivity contribution < 1.29 is 9.47 Å². The molecule has 0 bridgehead atoms. The number of hydrogen-bond donors (Lipinski definition) is 1. The van der Waals surface area contributed by atoms with Gasteiger partial charge in [0, 0.05) is 32.8 Å². The Morgan fingerprint density at radius 3 is 2.93 bits per heavy atom. The first-order valence-corrected chi connectivity index (χ1v) is 5.82. The molecule has 1 saturated heterocycles. The molecule has 1 aliphatic rings. The van der Waals surface area contributed by atoms with E-state index >= 15 is 0 Å². The molecule has 1 heterocycles. The lowest BCUT2D eigenvalue weighted by molar-refractivity contribution is -0.0540. The SMILES string of the molecule is COCCCCN1CC(CN)OCC1C. The predicted molar refractivity (Wildman–Crippen MR) is 60.9 cm³/mol. The normalized spacial score (nSPS) is 28.2. The van der Waals surface area contributed by atoms with E-state index in [0.717, 1.165) is 32.7 Å². The Hall–Kier alpha value is -0.160. The summed E-state index contributed by atoms with van der Waals surface area (Å²) in [6.07, 6.45) is 2.55. The second-order valence-corrected chi connectivity index (χ2v) is 4.23. The molecule has 4 nitrogen and oxygen atoms in total. The first kappa shape index (κ1) is 12.9. The molecule has 1 fully saturated rings. The zero-order valence-electron chi connectivity index (χ0n) is 9.95. The highest BCUT2D eigenvalue weighted by molar-refractivity contribution is 4.77. The van der Waals surface area contributed by atoms with Crippen LogP contribution >= 0.6 is 0 Å². The highest BCUT2D eigenvalue weighted by atomic mass is 16.5. The molecule has 0 radical (unpaired) electrons. The Morgan fingerprint density at radius 1 is 1.47 bits per heavy atom. The molecule has 2 unspecified atom stereocenters. The number of methoxy groups -OCH3 is 1. The van der Waals surface area contributed by atoms with Gasteiger partial charge in [0.2, 0.25) is 0 Å². The van der Waals surface area contributed by atoms with Crippen LogP contribution in [0.25, 0.3) is 0 Å². The summed E-state index contributed by atoms with van der Waals surface area (Å²) in [5.41, 5.74) is 5.62. The number of hydrogen-bond acceptors (Lipinski definition) is 4.